The van der Waals surface area contributed by atoms with Crippen molar-refractivity contribution < 1.29 is 0 Å². The van der Waals surface area contributed by atoms with Crippen LogP contribution in [-0.4, -0.2) is 16.1 Å². The van der Waals surface area contributed by atoms with Crippen LogP contribution in [0.2, 0.25) is 0 Å². The highest BCUT2D eigenvalue weighted by atomic mass is 15.1. The summed E-state index contributed by atoms with van der Waals surface area (Å²) in [6, 6.07) is 13.4. The van der Waals surface area contributed by atoms with Crippen molar-refractivity contribution in [2.75, 3.05) is 11.9 Å². The number of hydrogen-bond donors (Lipinski definition) is 1. The largest absolute Gasteiger partial charge is 0.383 e. The van der Waals surface area contributed by atoms with Crippen molar-refractivity contribution >= 4 is 16.7 Å². The molecule has 0 atom stereocenters. The minimum absolute atomic E-state index is 0.669. The summed E-state index contributed by atoms with van der Waals surface area (Å²) in [5.41, 5.74) is 7.99. The van der Waals surface area contributed by atoms with Crippen molar-refractivity contribution in [3.05, 3.63) is 47.7 Å². The highest BCUT2D eigenvalue weighted by molar-refractivity contribution is 5.93. The fraction of sp³-hybridized carbons (Fsp3) is 0.435. The van der Waals surface area contributed by atoms with Gasteiger partial charge in [0.25, 0.3) is 0 Å². The van der Waals surface area contributed by atoms with Crippen LogP contribution >= 0.6 is 0 Å². The van der Waals surface area contributed by atoms with Crippen molar-refractivity contribution in [3.63, 3.8) is 0 Å². The fourth-order valence-corrected chi connectivity index (χ4v) is 4.94. The Morgan fingerprint density at radius 2 is 1.92 bits per heavy atom. The predicted molar refractivity (Wildman–Crippen MR) is 109 cm³/mol. The smallest absolute Gasteiger partial charge is 0.141 e. The van der Waals surface area contributed by atoms with Gasteiger partial charge in [-0.2, -0.15) is 0 Å². The molecule has 3 heterocycles. The minimum Gasteiger partial charge on any atom is -0.383 e. The van der Waals surface area contributed by atoms with Gasteiger partial charge in [-0.3, -0.25) is 0 Å². The molecule has 1 aliphatic carbocycles. The first kappa shape index (κ1) is 15.9. The van der Waals surface area contributed by atoms with E-state index < -0.39 is 0 Å². The van der Waals surface area contributed by atoms with Gasteiger partial charge < -0.3 is 9.88 Å². The topological polar surface area (TPSA) is 29.9 Å². The lowest BCUT2D eigenvalue weighted by molar-refractivity contribution is 0.445. The summed E-state index contributed by atoms with van der Waals surface area (Å²) in [7, 11) is 0. The maximum Gasteiger partial charge on any atom is 0.141 e. The van der Waals surface area contributed by atoms with Gasteiger partial charge in [0.1, 0.15) is 5.65 Å². The summed E-state index contributed by atoms with van der Waals surface area (Å²) in [5, 5.41) is 5.02. The SMILES string of the molecule is CCc1ccc2c(C3CCCCC3)c3n(c2n1)CCNc1ccccc1-3. The van der Waals surface area contributed by atoms with Crippen molar-refractivity contribution in [1.82, 2.24) is 9.55 Å². The summed E-state index contributed by atoms with van der Waals surface area (Å²) in [5.74, 6) is 0.669. The lowest BCUT2D eigenvalue weighted by Gasteiger charge is -2.23. The molecule has 3 aromatic rings. The number of hydrogen-bond acceptors (Lipinski definition) is 2. The van der Waals surface area contributed by atoms with Crippen molar-refractivity contribution in [2.45, 2.75) is 57.9 Å². The third-order valence-corrected chi connectivity index (χ3v) is 6.21. The molecule has 3 nitrogen and oxygen atoms in total. The average molecular weight is 345 g/mol. The Bertz CT molecular complexity index is 947. The fourth-order valence-electron chi connectivity index (χ4n) is 4.94. The molecular weight excluding hydrogens is 318 g/mol. The van der Waals surface area contributed by atoms with Crippen molar-refractivity contribution in [1.29, 1.82) is 0 Å². The van der Waals surface area contributed by atoms with E-state index in [0.29, 0.717) is 5.92 Å². The van der Waals surface area contributed by atoms with Gasteiger partial charge >= 0.3 is 0 Å². The molecule has 1 saturated carbocycles. The molecule has 3 heteroatoms. The van der Waals surface area contributed by atoms with Gasteiger partial charge in [0, 0.05) is 35.4 Å². The standard InChI is InChI=1S/C23H27N3/c1-2-17-12-13-19-21(16-8-4-3-5-9-16)22-18-10-6-7-11-20(18)24-14-15-26(22)23(19)25-17/h6-7,10-13,16,24H,2-5,8-9,14-15H2,1H3. The highest BCUT2D eigenvalue weighted by Crippen LogP contribution is 2.45. The number of benzene rings is 1. The van der Waals surface area contributed by atoms with Crippen LogP contribution in [0.15, 0.2) is 36.4 Å². The number of aryl methyl sites for hydroxylation is 1. The molecule has 0 saturated heterocycles. The van der Waals surface area contributed by atoms with Gasteiger partial charge in [-0.1, -0.05) is 44.4 Å². The summed E-state index contributed by atoms with van der Waals surface area (Å²) in [6.45, 7) is 4.13. The number of rotatable bonds is 2. The van der Waals surface area contributed by atoms with Crippen LogP contribution in [0.5, 0.6) is 0 Å². The number of nitrogens with zero attached hydrogens (tertiary/aromatic N) is 2. The summed E-state index contributed by atoms with van der Waals surface area (Å²) in [4.78, 5) is 5.07. The molecule has 1 N–H and O–H groups in total. The first-order valence-corrected chi connectivity index (χ1v) is 10.2. The number of para-hydroxylation sites is 1. The summed E-state index contributed by atoms with van der Waals surface area (Å²) >= 11 is 0. The zero-order valence-electron chi connectivity index (χ0n) is 15.6. The molecule has 0 radical (unpaired) electrons. The second kappa shape index (κ2) is 6.46. The Morgan fingerprint density at radius 3 is 2.77 bits per heavy atom. The maximum absolute atomic E-state index is 5.07. The van der Waals surface area contributed by atoms with Crippen LogP contribution < -0.4 is 5.32 Å². The number of nitrogens with one attached hydrogen (secondary N) is 1. The molecule has 2 aliphatic rings. The zero-order valence-corrected chi connectivity index (χ0v) is 15.6. The Kier molecular flexibility index (Phi) is 3.96. The van der Waals surface area contributed by atoms with E-state index in [1.54, 1.807) is 5.56 Å². The molecule has 1 fully saturated rings. The number of pyridine rings is 1. The Balaban J connectivity index is 1.83. The van der Waals surface area contributed by atoms with Gasteiger partial charge in [-0.25, -0.2) is 4.98 Å². The zero-order chi connectivity index (χ0) is 17.5. The van der Waals surface area contributed by atoms with Gasteiger partial charge in [0.15, 0.2) is 0 Å². The first-order valence-electron chi connectivity index (χ1n) is 10.2. The van der Waals surface area contributed by atoms with Gasteiger partial charge in [-0.15, -0.1) is 0 Å². The van der Waals surface area contributed by atoms with Gasteiger partial charge in [-0.05, 0) is 48.9 Å². The first-order chi connectivity index (χ1) is 12.9. The van der Waals surface area contributed by atoms with Crippen LogP contribution in [0.1, 0.15) is 56.2 Å². The third kappa shape index (κ3) is 2.45. The third-order valence-electron chi connectivity index (χ3n) is 6.21. The molecular formula is C23H27N3. The molecule has 0 bridgehead atoms. The van der Waals surface area contributed by atoms with E-state index in [9.17, 15) is 0 Å². The molecule has 5 rings (SSSR count). The highest BCUT2D eigenvalue weighted by Gasteiger charge is 2.29. The van der Waals surface area contributed by atoms with Crippen LogP contribution in [-0.2, 0) is 13.0 Å². The molecule has 0 spiro atoms. The minimum atomic E-state index is 0.669. The predicted octanol–water partition coefficient (Wildman–Crippen LogP) is 5.74. The lowest BCUT2D eigenvalue weighted by atomic mass is 9.82. The summed E-state index contributed by atoms with van der Waals surface area (Å²) in [6.07, 6.45) is 7.73. The van der Waals surface area contributed by atoms with E-state index in [1.165, 1.54) is 65.8 Å². The Labute approximate surface area is 155 Å². The van der Waals surface area contributed by atoms with E-state index in [1.807, 2.05) is 0 Å². The Morgan fingerprint density at radius 1 is 1.08 bits per heavy atom. The molecule has 1 aliphatic heterocycles. The summed E-state index contributed by atoms with van der Waals surface area (Å²) < 4.78 is 2.50. The second-order valence-corrected chi connectivity index (χ2v) is 7.75. The van der Waals surface area contributed by atoms with E-state index in [-0.39, 0.29) is 0 Å². The number of anilines is 1. The van der Waals surface area contributed by atoms with E-state index in [4.69, 9.17) is 4.98 Å². The number of aromatic nitrogens is 2. The Hall–Kier alpha value is -2.29. The monoisotopic (exact) mass is 345 g/mol. The molecule has 26 heavy (non-hydrogen) atoms. The number of fused-ring (bicyclic) bond motifs is 5. The van der Waals surface area contributed by atoms with Crippen molar-refractivity contribution in [3.8, 4) is 11.3 Å². The average Bonchev–Trinajstić information content (AvgIpc) is 2.89. The van der Waals surface area contributed by atoms with E-state index >= 15 is 0 Å². The normalized spacial score (nSPS) is 17.4. The lowest BCUT2D eigenvalue weighted by Crippen LogP contribution is -2.08. The molecule has 1 aromatic carbocycles. The maximum atomic E-state index is 5.07. The van der Waals surface area contributed by atoms with Crippen LogP contribution in [0.25, 0.3) is 22.3 Å². The molecule has 0 unspecified atom stereocenters. The van der Waals surface area contributed by atoms with Crippen molar-refractivity contribution in [2.24, 2.45) is 0 Å². The van der Waals surface area contributed by atoms with Crippen LogP contribution in [0.3, 0.4) is 0 Å². The second-order valence-electron chi connectivity index (χ2n) is 7.75. The quantitative estimate of drug-likeness (QED) is 0.642. The van der Waals surface area contributed by atoms with Crippen LogP contribution in [0.4, 0.5) is 5.69 Å². The van der Waals surface area contributed by atoms with E-state index in [0.717, 1.165) is 19.5 Å². The molecule has 2 aromatic heterocycles. The van der Waals surface area contributed by atoms with Gasteiger partial charge in [0.2, 0.25) is 0 Å². The van der Waals surface area contributed by atoms with Gasteiger partial charge in [0.05, 0.1) is 5.69 Å². The molecule has 134 valence electrons. The molecule has 0 amide bonds. The van der Waals surface area contributed by atoms with Crippen LogP contribution in [0, 0.1) is 0 Å². The van der Waals surface area contributed by atoms with E-state index in [2.05, 4.69) is 53.2 Å².